The molecule has 8 heterocycles. The summed E-state index contributed by atoms with van der Waals surface area (Å²) in [7, 11) is 2.94. The summed E-state index contributed by atoms with van der Waals surface area (Å²) in [6.45, 7) is 10.9. The van der Waals surface area contributed by atoms with E-state index < -0.39 is 59.6 Å². The number of likely N-dealkylation sites (N-methyl/N-ethyl adjacent to an activating group) is 1. The molecule has 1 amide bonds. The van der Waals surface area contributed by atoms with Crippen LogP contribution < -0.4 is 17.0 Å². The zero-order chi connectivity index (χ0) is 47.7. The maximum atomic E-state index is 13.5. The molecular formula is C44H42BrCl6MgN7O9. The van der Waals surface area contributed by atoms with Crippen molar-refractivity contribution < 1.29 is 59.8 Å². The Morgan fingerprint density at radius 3 is 1.63 bits per heavy atom. The van der Waals surface area contributed by atoms with E-state index in [0.717, 1.165) is 5.06 Å². The number of nitrogens with zero attached hydrogens (tertiary/aromatic N) is 7. The van der Waals surface area contributed by atoms with Crippen LogP contribution >= 0.6 is 69.6 Å². The predicted octanol–water partition coefficient (Wildman–Crippen LogP) is 6.41. The average molecular weight is 1130 g/mol. The van der Waals surface area contributed by atoms with Gasteiger partial charge in [-0.25, -0.2) is 25.0 Å². The average Bonchev–Trinajstić information content (AvgIpc) is 4.09. The summed E-state index contributed by atoms with van der Waals surface area (Å²) in [5, 5.41) is 4.93. The first-order valence-corrected chi connectivity index (χ1v) is 22.5. The summed E-state index contributed by atoms with van der Waals surface area (Å²) in [4.78, 5) is 48.0. The Morgan fingerprint density at radius 1 is 0.691 bits per heavy atom. The number of carbonyl (C=O) groups excluding carboxylic acids is 2. The molecule has 0 unspecified atom stereocenters. The molecule has 358 valence electrons. The number of hydroxylamine groups is 2. The molecule has 2 aromatic carbocycles. The number of hydrogen-bond acceptors (Lipinski definition) is 13. The minimum Gasteiger partial charge on any atom is -1.00 e. The van der Waals surface area contributed by atoms with E-state index in [9.17, 15) is 9.59 Å². The van der Waals surface area contributed by atoms with Gasteiger partial charge in [-0.2, -0.15) is 35.9 Å². The SMILES string of the molecule is CC1(C)O[C@H]2[C@H](n3ccc4c(Cl)ncnc43)O[C@H](C(=O)c3ccc(Cl)c(Cl)c3)[C@@]2(C)O1.CON(C)C(=O)[C@H]1O[C@@H](n2ccc3c(Cl)ncnc32)[C@@H]2OC(C)(C)O[C@]12C.Clc1c[c-]ccc1Cl.[Br-].[Mg+2]. The zero-order valence-electron chi connectivity index (χ0n) is 37.5. The first-order chi connectivity index (χ1) is 31.1. The normalized spacial score (nSPS) is 27.2. The second kappa shape index (κ2) is 20.9. The van der Waals surface area contributed by atoms with Crippen molar-refractivity contribution in [1.82, 2.24) is 34.1 Å². The van der Waals surface area contributed by atoms with Crippen molar-refractivity contribution in [2.24, 2.45) is 0 Å². The predicted molar refractivity (Wildman–Crippen MR) is 251 cm³/mol. The maximum Gasteiger partial charge on any atom is 2.00 e. The summed E-state index contributed by atoms with van der Waals surface area (Å²) < 4.78 is 40.7. The van der Waals surface area contributed by atoms with Crippen LogP contribution in [0.15, 0.2) is 73.6 Å². The van der Waals surface area contributed by atoms with Gasteiger partial charge in [-0.05, 0) is 71.9 Å². The Balaban J connectivity index is 0.000000189. The van der Waals surface area contributed by atoms with Crippen LogP contribution in [0.4, 0.5) is 0 Å². The van der Waals surface area contributed by atoms with Gasteiger partial charge in [-0.3, -0.25) is 14.4 Å². The molecule has 4 fully saturated rings. The van der Waals surface area contributed by atoms with E-state index >= 15 is 0 Å². The van der Waals surface area contributed by atoms with Gasteiger partial charge in [-0.1, -0.05) is 56.4 Å². The molecule has 0 radical (unpaired) electrons. The first kappa shape index (κ1) is 54.9. The number of rotatable bonds is 6. The second-order valence-corrected chi connectivity index (χ2v) is 19.2. The van der Waals surface area contributed by atoms with Gasteiger partial charge in [0.05, 0.1) is 27.9 Å². The van der Waals surface area contributed by atoms with Crippen molar-refractivity contribution in [2.75, 3.05) is 14.2 Å². The maximum absolute atomic E-state index is 13.5. The van der Waals surface area contributed by atoms with Crippen LogP contribution in [0.3, 0.4) is 0 Å². The van der Waals surface area contributed by atoms with Crippen molar-refractivity contribution in [3.05, 3.63) is 116 Å². The van der Waals surface area contributed by atoms with Gasteiger partial charge in [0.15, 0.2) is 42.0 Å². The Morgan fingerprint density at radius 2 is 1.18 bits per heavy atom. The zero-order valence-corrected chi connectivity index (χ0v) is 45.1. The molecule has 4 aromatic heterocycles. The van der Waals surface area contributed by atoms with E-state index in [1.165, 1.54) is 32.9 Å². The number of ether oxygens (including phenoxy) is 6. The summed E-state index contributed by atoms with van der Waals surface area (Å²) in [6.07, 6.45) is 2.03. The monoisotopic (exact) mass is 1130 g/mol. The molecule has 0 spiro atoms. The second-order valence-electron chi connectivity index (χ2n) is 16.9. The largest absolute Gasteiger partial charge is 2.00 e. The minimum atomic E-state index is -1.05. The Kier molecular flexibility index (Phi) is 16.9. The summed E-state index contributed by atoms with van der Waals surface area (Å²) in [5.74, 6) is -2.43. The third-order valence-electron chi connectivity index (χ3n) is 11.5. The molecule has 24 heteroatoms. The molecule has 10 rings (SSSR count). The Hall–Kier alpha value is -2.47. The van der Waals surface area contributed by atoms with Crippen LogP contribution in [-0.2, 0) is 38.1 Å². The minimum absolute atomic E-state index is 0. The van der Waals surface area contributed by atoms with Crippen molar-refractivity contribution in [3.63, 3.8) is 0 Å². The van der Waals surface area contributed by atoms with E-state index in [0.29, 0.717) is 53.0 Å². The van der Waals surface area contributed by atoms with Crippen molar-refractivity contribution in [1.29, 1.82) is 0 Å². The molecule has 4 aliphatic rings. The number of Topliss-reactive ketones (excluding diaryl/α,β-unsaturated/α-hetero) is 1. The third kappa shape index (κ3) is 10.3. The van der Waals surface area contributed by atoms with E-state index in [1.807, 2.05) is 27.7 Å². The molecule has 0 N–H and O–H groups in total. The molecule has 16 nitrogen and oxygen atoms in total. The molecule has 0 saturated carbocycles. The molecular weight excluding hydrogens is 1090 g/mol. The van der Waals surface area contributed by atoms with Gasteiger partial charge < -0.3 is 54.5 Å². The molecule has 6 aromatic rings. The van der Waals surface area contributed by atoms with Crippen LogP contribution in [0.1, 0.15) is 64.4 Å². The van der Waals surface area contributed by atoms with E-state index in [1.54, 1.807) is 77.8 Å². The van der Waals surface area contributed by atoms with Gasteiger partial charge >= 0.3 is 23.1 Å². The Labute approximate surface area is 447 Å². The summed E-state index contributed by atoms with van der Waals surface area (Å²) in [5.41, 5.74) is -0.529. The van der Waals surface area contributed by atoms with Gasteiger partial charge in [0.1, 0.15) is 57.7 Å². The molecule has 8 atom stereocenters. The van der Waals surface area contributed by atoms with Crippen LogP contribution in [0.2, 0.25) is 30.4 Å². The van der Waals surface area contributed by atoms with E-state index in [2.05, 4.69) is 26.0 Å². The number of benzene rings is 2. The van der Waals surface area contributed by atoms with Gasteiger partial charge in [0.25, 0.3) is 5.91 Å². The Bertz CT molecular complexity index is 2820. The van der Waals surface area contributed by atoms with Crippen molar-refractivity contribution >= 4 is 126 Å². The smallest absolute Gasteiger partial charge is 1.00 e. The van der Waals surface area contributed by atoms with Crippen molar-refractivity contribution in [2.45, 2.75) is 101 Å². The molecule has 4 aliphatic heterocycles. The van der Waals surface area contributed by atoms with Crippen LogP contribution in [-0.4, -0.2) is 130 Å². The number of carbonyl (C=O) groups is 2. The van der Waals surface area contributed by atoms with Gasteiger partial charge in [0, 0.05) is 25.0 Å². The van der Waals surface area contributed by atoms with Crippen LogP contribution in [0.5, 0.6) is 0 Å². The van der Waals surface area contributed by atoms with Gasteiger partial charge in [-0.15, -0.1) is 11.6 Å². The van der Waals surface area contributed by atoms with Crippen LogP contribution in [0.25, 0.3) is 22.1 Å². The standard InChI is InChI=1S/C21H18Cl3N3O4.C17H21ClN4O5.C6H3Cl2.BrH.Mg/c1-20(2)30-16-19(27-7-6-11-17(24)25-9-26-18(11)27)29-15(21(16,3)31-20)14(28)10-4-5-12(22)13(23)8-10;1-16(2)26-11-15(22-7-6-9-12(18)19-8-20-13(9)22)25-10(17(11,3)27-16)14(23)21(4)24-5;7-5-3-1-2-4-6(5)8;;/h4-9,15-16,19H,1-3H3;6-8,10-11,15H,1-5H3;1,3-4H;1H;/q;;-1;;+2/p-1/t15-,16+,19-,21-;10-,11+,15-,17-;;;/m11.../s1. The summed E-state index contributed by atoms with van der Waals surface area (Å²) >= 11 is 35.6. The van der Waals surface area contributed by atoms with Gasteiger partial charge in [0.2, 0.25) is 0 Å². The quantitative estimate of drug-likeness (QED) is 0.0592. The fourth-order valence-electron chi connectivity index (χ4n) is 8.64. The van der Waals surface area contributed by atoms with Crippen molar-refractivity contribution in [3.8, 4) is 0 Å². The fraction of sp³-hybridized carbons (Fsp3) is 0.409. The first-order valence-electron chi connectivity index (χ1n) is 20.2. The number of hydrogen-bond donors (Lipinski definition) is 0. The number of aromatic nitrogens is 6. The molecule has 0 bridgehead atoms. The summed E-state index contributed by atoms with van der Waals surface area (Å²) in [6, 6.07) is 16.2. The topological polar surface area (TPSA) is 163 Å². The van der Waals surface area contributed by atoms with E-state index in [-0.39, 0.29) is 56.7 Å². The number of halogens is 7. The molecule has 4 saturated heterocycles. The van der Waals surface area contributed by atoms with E-state index in [4.69, 9.17) is 103 Å². The third-order valence-corrected chi connectivity index (χ3v) is 13.6. The fourth-order valence-corrected chi connectivity index (χ4v) is 9.56. The molecule has 68 heavy (non-hydrogen) atoms. The number of fused-ring (bicyclic) bond motifs is 4. The molecule has 0 aliphatic carbocycles. The number of ketones is 1. The number of amides is 1. The van der Waals surface area contributed by atoms with Crippen LogP contribution in [0, 0.1) is 6.07 Å².